The number of carbonyl (C=O) groups is 2. The molecule has 0 amide bonds. The highest BCUT2D eigenvalue weighted by molar-refractivity contribution is 6.07. The fourth-order valence-electron chi connectivity index (χ4n) is 2.76. The highest BCUT2D eigenvalue weighted by atomic mass is 16.5. The van der Waals surface area contributed by atoms with Gasteiger partial charge in [0.05, 0.1) is 18.2 Å². The van der Waals surface area contributed by atoms with E-state index in [1.54, 1.807) is 19.1 Å². The minimum absolute atomic E-state index is 0.255. The molecule has 0 aliphatic rings. The van der Waals surface area contributed by atoms with Crippen molar-refractivity contribution in [3.63, 3.8) is 0 Å². The number of benzene rings is 2. The van der Waals surface area contributed by atoms with Crippen molar-refractivity contribution < 1.29 is 19.1 Å². The maximum atomic E-state index is 12.9. The SMILES string of the molecule is COC(=O)c1cn(C(=O)C(C)Oc2ccccc2C)c2ccccc12. The lowest BCUT2D eigenvalue weighted by atomic mass is 10.2. The zero-order chi connectivity index (χ0) is 18.0. The van der Waals surface area contributed by atoms with Crippen LogP contribution in [0.4, 0.5) is 0 Å². The van der Waals surface area contributed by atoms with Crippen LogP contribution < -0.4 is 4.74 Å². The van der Waals surface area contributed by atoms with E-state index in [-0.39, 0.29) is 5.91 Å². The van der Waals surface area contributed by atoms with Crippen molar-refractivity contribution in [2.45, 2.75) is 20.0 Å². The quantitative estimate of drug-likeness (QED) is 0.679. The van der Waals surface area contributed by atoms with Crippen molar-refractivity contribution in [1.82, 2.24) is 4.57 Å². The Balaban J connectivity index is 1.97. The number of hydrogen-bond donors (Lipinski definition) is 0. The molecular formula is C20H19NO4. The number of aromatic nitrogens is 1. The highest BCUT2D eigenvalue weighted by Gasteiger charge is 2.23. The van der Waals surface area contributed by atoms with Crippen LogP contribution in [-0.2, 0) is 4.74 Å². The third-order valence-electron chi connectivity index (χ3n) is 4.10. The second-order valence-corrected chi connectivity index (χ2v) is 5.79. The molecule has 5 nitrogen and oxygen atoms in total. The molecule has 1 heterocycles. The molecule has 3 rings (SSSR count). The topological polar surface area (TPSA) is 57.5 Å². The Hall–Kier alpha value is -3.08. The molecule has 1 aromatic heterocycles. The highest BCUT2D eigenvalue weighted by Crippen LogP contribution is 2.24. The van der Waals surface area contributed by atoms with E-state index in [2.05, 4.69) is 0 Å². The number of ether oxygens (including phenoxy) is 2. The van der Waals surface area contributed by atoms with E-state index < -0.39 is 12.1 Å². The molecule has 0 fully saturated rings. The summed E-state index contributed by atoms with van der Waals surface area (Å²) in [5.74, 6) is -0.0714. The third-order valence-corrected chi connectivity index (χ3v) is 4.10. The number of hydrogen-bond acceptors (Lipinski definition) is 4. The number of esters is 1. The van der Waals surface area contributed by atoms with Crippen LogP contribution in [0.5, 0.6) is 5.75 Å². The Labute approximate surface area is 145 Å². The molecule has 0 aliphatic heterocycles. The Bertz CT molecular complexity index is 942. The van der Waals surface area contributed by atoms with Crippen LogP contribution >= 0.6 is 0 Å². The first-order valence-electron chi connectivity index (χ1n) is 7.98. The summed E-state index contributed by atoms with van der Waals surface area (Å²) in [6, 6.07) is 14.7. The second-order valence-electron chi connectivity index (χ2n) is 5.79. The van der Waals surface area contributed by atoms with Crippen LogP contribution in [-0.4, -0.2) is 29.7 Å². The van der Waals surface area contributed by atoms with Crippen LogP contribution in [0.15, 0.2) is 54.7 Å². The van der Waals surface area contributed by atoms with E-state index in [9.17, 15) is 9.59 Å². The van der Waals surface area contributed by atoms with Gasteiger partial charge in [-0.1, -0.05) is 36.4 Å². The van der Waals surface area contributed by atoms with Gasteiger partial charge in [-0.3, -0.25) is 9.36 Å². The minimum atomic E-state index is -0.706. The smallest absolute Gasteiger partial charge is 0.340 e. The van der Waals surface area contributed by atoms with Crippen molar-refractivity contribution in [3.05, 3.63) is 65.9 Å². The van der Waals surface area contributed by atoms with Crippen LogP contribution in [0.25, 0.3) is 10.9 Å². The standard InChI is InChI=1S/C20H19NO4/c1-13-8-4-7-11-18(13)25-14(2)19(22)21-12-16(20(23)24-3)15-9-5-6-10-17(15)21/h4-12,14H,1-3H3. The molecule has 5 heteroatoms. The van der Waals surface area contributed by atoms with E-state index in [1.807, 2.05) is 43.3 Å². The molecule has 0 radical (unpaired) electrons. The van der Waals surface area contributed by atoms with Crippen LogP contribution in [0.2, 0.25) is 0 Å². The van der Waals surface area contributed by atoms with E-state index >= 15 is 0 Å². The summed E-state index contributed by atoms with van der Waals surface area (Å²) < 4.78 is 12.1. The molecule has 2 aromatic carbocycles. The summed E-state index contributed by atoms with van der Waals surface area (Å²) in [6.07, 6.45) is 0.804. The average molecular weight is 337 g/mol. The van der Waals surface area contributed by atoms with Crippen molar-refractivity contribution in [3.8, 4) is 5.75 Å². The van der Waals surface area contributed by atoms with Gasteiger partial charge in [-0.05, 0) is 31.5 Å². The summed E-state index contributed by atoms with van der Waals surface area (Å²) in [5.41, 5.74) is 1.96. The summed E-state index contributed by atoms with van der Waals surface area (Å²) in [6.45, 7) is 3.62. The molecule has 0 N–H and O–H groups in total. The Morgan fingerprint density at radius 3 is 2.44 bits per heavy atom. The number of para-hydroxylation sites is 2. The molecule has 0 spiro atoms. The van der Waals surface area contributed by atoms with E-state index in [0.717, 1.165) is 5.56 Å². The molecule has 1 atom stereocenters. The first-order valence-corrected chi connectivity index (χ1v) is 7.98. The molecule has 0 saturated carbocycles. The normalized spacial score (nSPS) is 12.0. The fraction of sp³-hybridized carbons (Fsp3) is 0.200. The van der Waals surface area contributed by atoms with E-state index in [1.165, 1.54) is 17.9 Å². The number of methoxy groups -OCH3 is 1. The minimum Gasteiger partial charge on any atom is -0.481 e. The lowest BCUT2D eigenvalue weighted by Gasteiger charge is -2.16. The van der Waals surface area contributed by atoms with Gasteiger partial charge in [-0.25, -0.2) is 4.79 Å². The summed E-state index contributed by atoms with van der Waals surface area (Å²) in [5, 5.41) is 0.672. The molecule has 128 valence electrons. The van der Waals surface area contributed by atoms with Gasteiger partial charge in [0.25, 0.3) is 5.91 Å². The molecule has 0 bridgehead atoms. The lowest BCUT2D eigenvalue weighted by Crippen LogP contribution is -2.29. The largest absolute Gasteiger partial charge is 0.481 e. The first-order chi connectivity index (χ1) is 12.0. The third kappa shape index (κ3) is 3.13. The lowest BCUT2D eigenvalue weighted by molar-refractivity contribution is 0.0602. The number of aryl methyl sites for hydroxylation is 1. The molecule has 25 heavy (non-hydrogen) atoms. The van der Waals surface area contributed by atoms with Gasteiger partial charge in [0.15, 0.2) is 6.10 Å². The summed E-state index contributed by atoms with van der Waals surface area (Å²) >= 11 is 0. The molecule has 3 aromatic rings. The fourth-order valence-corrected chi connectivity index (χ4v) is 2.76. The van der Waals surface area contributed by atoms with Crippen LogP contribution in [0, 0.1) is 6.92 Å². The van der Waals surface area contributed by atoms with Crippen LogP contribution in [0.1, 0.15) is 27.6 Å². The molecule has 0 saturated heterocycles. The Morgan fingerprint density at radius 2 is 1.72 bits per heavy atom. The number of rotatable bonds is 4. The van der Waals surface area contributed by atoms with Gasteiger partial charge in [-0.15, -0.1) is 0 Å². The van der Waals surface area contributed by atoms with E-state index in [4.69, 9.17) is 9.47 Å². The van der Waals surface area contributed by atoms with Crippen molar-refractivity contribution in [2.24, 2.45) is 0 Å². The maximum Gasteiger partial charge on any atom is 0.340 e. The van der Waals surface area contributed by atoms with E-state index in [0.29, 0.717) is 22.2 Å². The van der Waals surface area contributed by atoms with Gasteiger partial charge in [0.1, 0.15) is 5.75 Å². The maximum absolute atomic E-state index is 12.9. The molecule has 1 unspecified atom stereocenters. The second kappa shape index (κ2) is 6.81. The molecule has 0 aliphatic carbocycles. The monoisotopic (exact) mass is 337 g/mol. The van der Waals surface area contributed by atoms with Gasteiger partial charge >= 0.3 is 5.97 Å². The summed E-state index contributed by atoms with van der Waals surface area (Å²) in [4.78, 5) is 24.9. The van der Waals surface area contributed by atoms with Crippen molar-refractivity contribution >= 4 is 22.8 Å². The van der Waals surface area contributed by atoms with Crippen molar-refractivity contribution in [2.75, 3.05) is 7.11 Å². The Morgan fingerprint density at radius 1 is 1.04 bits per heavy atom. The summed E-state index contributed by atoms with van der Waals surface area (Å²) in [7, 11) is 1.32. The number of carbonyl (C=O) groups excluding carboxylic acids is 2. The van der Waals surface area contributed by atoms with Gasteiger partial charge in [-0.2, -0.15) is 0 Å². The first kappa shape index (κ1) is 16.8. The van der Waals surface area contributed by atoms with Gasteiger partial charge < -0.3 is 9.47 Å². The predicted octanol–water partition coefficient (Wildman–Crippen LogP) is 3.84. The molecular weight excluding hydrogens is 318 g/mol. The predicted molar refractivity (Wildman–Crippen MR) is 95.2 cm³/mol. The van der Waals surface area contributed by atoms with Gasteiger partial charge in [0, 0.05) is 11.6 Å². The zero-order valence-corrected chi connectivity index (χ0v) is 14.4. The van der Waals surface area contributed by atoms with Crippen LogP contribution in [0.3, 0.4) is 0 Å². The van der Waals surface area contributed by atoms with Gasteiger partial charge in [0.2, 0.25) is 0 Å². The Kier molecular flexibility index (Phi) is 4.57. The van der Waals surface area contributed by atoms with Crippen molar-refractivity contribution in [1.29, 1.82) is 0 Å². The number of nitrogens with zero attached hydrogens (tertiary/aromatic N) is 1. The zero-order valence-electron chi connectivity index (χ0n) is 14.4. The number of fused-ring (bicyclic) bond motifs is 1. The average Bonchev–Trinajstić information content (AvgIpc) is 3.02.